The largest absolute Gasteiger partial charge is 0.480 e. The van der Waals surface area contributed by atoms with Crippen LogP contribution in [0.5, 0.6) is 11.9 Å². The van der Waals surface area contributed by atoms with Gasteiger partial charge in [0.2, 0.25) is 5.88 Å². The second-order valence-electron chi connectivity index (χ2n) is 7.25. The highest BCUT2D eigenvalue weighted by Crippen LogP contribution is 2.41. The van der Waals surface area contributed by atoms with Gasteiger partial charge in [-0.1, -0.05) is 19.3 Å². The lowest BCUT2D eigenvalue weighted by Crippen LogP contribution is -2.51. The SMILES string of the molecule is COc1ncc(-c2cc(N3CC(C4CCC4)C3)c3nccn3n2)c(OC)n1. The molecule has 140 valence electrons. The van der Waals surface area contributed by atoms with Gasteiger partial charge in [0.15, 0.2) is 5.65 Å². The second kappa shape index (κ2) is 6.37. The number of aromatic nitrogens is 5. The highest BCUT2D eigenvalue weighted by Gasteiger charge is 2.37. The number of ether oxygens (including phenoxy) is 2. The van der Waals surface area contributed by atoms with Gasteiger partial charge in [-0.3, -0.25) is 0 Å². The number of hydrogen-bond acceptors (Lipinski definition) is 7. The Morgan fingerprint density at radius 3 is 2.63 bits per heavy atom. The Bertz CT molecular complexity index is 977. The molecule has 1 aliphatic heterocycles. The minimum Gasteiger partial charge on any atom is -0.480 e. The van der Waals surface area contributed by atoms with Crippen molar-refractivity contribution in [3.05, 3.63) is 24.7 Å². The van der Waals surface area contributed by atoms with E-state index in [0.29, 0.717) is 5.88 Å². The lowest BCUT2D eigenvalue weighted by Gasteiger charge is -2.47. The van der Waals surface area contributed by atoms with E-state index in [1.54, 1.807) is 19.5 Å². The van der Waals surface area contributed by atoms with Crippen LogP contribution in [-0.2, 0) is 0 Å². The topological polar surface area (TPSA) is 77.7 Å². The molecule has 0 unspecified atom stereocenters. The molecular weight excluding hydrogens is 344 g/mol. The Kier molecular flexibility index (Phi) is 3.84. The van der Waals surface area contributed by atoms with E-state index in [1.165, 1.54) is 26.4 Å². The minimum atomic E-state index is 0.269. The Balaban J connectivity index is 1.53. The molecule has 1 aliphatic carbocycles. The van der Waals surface area contributed by atoms with Crippen molar-refractivity contribution in [3.63, 3.8) is 0 Å². The molecule has 0 bridgehead atoms. The van der Waals surface area contributed by atoms with Crippen LogP contribution < -0.4 is 14.4 Å². The Morgan fingerprint density at radius 2 is 1.93 bits per heavy atom. The third-order valence-electron chi connectivity index (χ3n) is 5.79. The van der Waals surface area contributed by atoms with Gasteiger partial charge in [-0.05, 0) is 17.9 Å². The maximum Gasteiger partial charge on any atom is 0.319 e. The molecule has 2 aliphatic rings. The first kappa shape index (κ1) is 16.3. The molecule has 0 aromatic carbocycles. The zero-order chi connectivity index (χ0) is 18.4. The van der Waals surface area contributed by atoms with Gasteiger partial charge >= 0.3 is 6.01 Å². The summed E-state index contributed by atoms with van der Waals surface area (Å²) in [5.41, 5.74) is 3.45. The van der Waals surface area contributed by atoms with Crippen LogP contribution in [0.4, 0.5) is 5.69 Å². The van der Waals surface area contributed by atoms with E-state index in [1.807, 2.05) is 10.7 Å². The summed E-state index contributed by atoms with van der Waals surface area (Å²) in [6.45, 7) is 2.18. The molecule has 8 nitrogen and oxygen atoms in total. The van der Waals surface area contributed by atoms with Gasteiger partial charge in [-0.2, -0.15) is 10.1 Å². The van der Waals surface area contributed by atoms with Gasteiger partial charge in [-0.25, -0.2) is 14.5 Å². The van der Waals surface area contributed by atoms with E-state index >= 15 is 0 Å². The van der Waals surface area contributed by atoms with Crippen LogP contribution in [-0.4, -0.2) is 51.9 Å². The average molecular weight is 366 g/mol. The molecular formula is C19H22N6O2. The average Bonchev–Trinajstić information content (AvgIpc) is 3.10. The van der Waals surface area contributed by atoms with Gasteiger partial charge < -0.3 is 14.4 Å². The molecule has 0 N–H and O–H groups in total. The van der Waals surface area contributed by atoms with E-state index < -0.39 is 0 Å². The normalized spacial score (nSPS) is 17.6. The highest BCUT2D eigenvalue weighted by molar-refractivity contribution is 5.76. The van der Waals surface area contributed by atoms with Crippen LogP contribution >= 0.6 is 0 Å². The summed E-state index contributed by atoms with van der Waals surface area (Å²) >= 11 is 0. The second-order valence-corrected chi connectivity index (χ2v) is 7.25. The number of hydrogen-bond donors (Lipinski definition) is 0. The number of imidazole rings is 1. The minimum absolute atomic E-state index is 0.269. The van der Waals surface area contributed by atoms with Crippen molar-refractivity contribution < 1.29 is 9.47 Å². The standard InChI is InChI=1S/C19H22N6O2/c1-26-18-14(9-21-19(22-18)27-2)15-8-16(17-20-6-7-25(17)23-15)24-10-13(11-24)12-4-3-5-12/h6-9,12-13H,3-5,10-11H2,1-2H3. The summed E-state index contributed by atoms with van der Waals surface area (Å²) < 4.78 is 12.3. The zero-order valence-corrected chi connectivity index (χ0v) is 15.5. The van der Waals surface area contributed by atoms with Gasteiger partial charge in [0, 0.05) is 31.7 Å². The highest BCUT2D eigenvalue weighted by atomic mass is 16.5. The Labute approximate surface area is 157 Å². The molecule has 0 atom stereocenters. The predicted octanol–water partition coefficient (Wildman–Crippen LogP) is 2.44. The van der Waals surface area contributed by atoms with E-state index in [-0.39, 0.29) is 6.01 Å². The number of fused-ring (bicyclic) bond motifs is 1. The summed E-state index contributed by atoms with van der Waals surface area (Å²) in [6, 6.07) is 2.33. The third-order valence-corrected chi connectivity index (χ3v) is 5.79. The third kappa shape index (κ3) is 2.67. The van der Waals surface area contributed by atoms with Crippen molar-refractivity contribution in [3.8, 4) is 23.1 Å². The molecule has 0 amide bonds. The summed E-state index contributed by atoms with van der Waals surface area (Å²) in [5.74, 6) is 2.16. The van der Waals surface area contributed by atoms with Crippen molar-refractivity contribution in [2.24, 2.45) is 11.8 Å². The number of nitrogens with zero attached hydrogens (tertiary/aromatic N) is 6. The van der Waals surface area contributed by atoms with E-state index in [4.69, 9.17) is 9.47 Å². The van der Waals surface area contributed by atoms with Crippen LogP contribution in [0.25, 0.3) is 16.9 Å². The molecule has 1 saturated heterocycles. The number of methoxy groups -OCH3 is 2. The molecule has 3 aromatic heterocycles. The molecule has 3 aromatic rings. The maximum absolute atomic E-state index is 5.44. The lowest BCUT2D eigenvalue weighted by atomic mass is 9.72. The molecule has 2 fully saturated rings. The van der Waals surface area contributed by atoms with Crippen molar-refractivity contribution in [1.29, 1.82) is 0 Å². The molecule has 0 radical (unpaired) electrons. The van der Waals surface area contributed by atoms with Gasteiger partial charge in [0.25, 0.3) is 0 Å². The van der Waals surface area contributed by atoms with E-state index in [0.717, 1.165) is 47.5 Å². The molecule has 27 heavy (non-hydrogen) atoms. The van der Waals surface area contributed by atoms with Gasteiger partial charge in [0.05, 0.1) is 25.5 Å². The van der Waals surface area contributed by atoms with Crippen LogP contribution in [0.15, 0.2) is 24.7 Å². The monoisotopic (exact) mass is 366 g/mol. The Morgan fingerprint density at radius 1 is 1.07 bits per heavy atom. The summed E-state index contributed by atoms with van der Waals surface area (Å²) in [6.07, 6.45) is 9.50. The first-order chi connectivity index (χ1) is 13.3. The van der Waals surface area contributed by atoms with Gasteiger partial charge in [0.1, 0.15) is 5.69 Å². The predicted molar refractivity (Wildman–Crippen MR) is 100 cm³/mol. The van der Waals surface area contributed by atoms with Gasteiger partial charge in [-0.15, -0.1) is 0 Å². The first-order valence-electron chi connectivity index (χ1n) is 9.31. The molecule has 0 spiro atoms. The number of anilines is 1. The fourth-order valence-corrected chi connectivity index (χ4v) is 3.96. The zero-order valence-electron chi connectivity index (χ0n) is 15.5. The molecule has 1 saturated carbocycles. The van der Waals surface area contributed by atoms with Crippen molar-refractivity contribution >= 4 is 11.3 Å². The number of rotatable bonds is 5. The van der Waals surface area contributed by atoms with Crippen molar-refractivity contribution in [2.75, 3.05) is 32.2 Å². The smallest absolute Gasteiger partial charge is 0.319 e. The fourth-order valence-electron chi connectivity index (χ4n) is 3.96. The van der Waals surface area contributed by atoms with E-state index in [2.05, 4.69) is 31.0 Å². The molecule has 5 rings (SSSR count). The quantitative estimate of drug-likeness (QED) is 0.686. The summed E-state index contributed by atoms with van der Waals surface area (Å²) in [7, 11) is 3.12. The maximum atomic E-state index is 5.44. The molecule has 8 heteroatoms. The van der Waals surface area contributed by atoms with E-state index in [9.17, 15) is 0 Å². The fraction of sp³-hybridized carbons (Fsp3) is 0.474. The first-order valence-corrected chi connectivity index (χ1v) is 9.31. The van der Waals surface area contributed by atoms with Crippen molar-refractivity contribution in [2.45, 2.75) is 19.3 Å². The van der Waals surface area contributed by atoms with Crippen LogP contribution in [0.2, 0.25) is 0 Å². The van der Waals surface area contributed by atoms with Crippen LogP contribution in [0.3, 0.4) is 0 Å². The summed E-state index contributed by atoms with van der Waals surface area (Å²) in [5, 5.41) is 4.68. The van der Waals surface area contributed by atoms with Crippen molar-refractivity contribution in [1.82, 2.24) is 24.6 Å². The lowest BCUT2D eigenvalue weighted by molar-refractivity contribution is 0.173. The van der Waals surface area contributed by atoms with Crippen LogP contribution in [0, 0.1) is 11.8 Å². The molecule has 4 heterocycles. The van der Waals surface area contributed by atoms with Crippen LogP contribution in [0.1, 0.15) is 19.3 Å². The Hall–Kier alpha value is -2.90. The summed E-state index contributed by atoms with van der Waals surface area (Å²) in [4.78, 5) is 15.4.